The molecule has 0 saturated carbocycles. The van der Waals surface area contributed by atoms with Gasteiger partial charge in [0.05, 0.1) is 19.0 Å². The standard InChI is InChI=1S/C16H14ClN3O2/c1-10(21)15-13-7-8-14(17)18-16(13)20(19-15)9-11-3-5-12(22-2)6-4-11/h3-8H,9H2,1-2H3. The second kappa shape index (κ2) is 5.77. The summed E-state index contributed by atoms with van der Waals surface area (Å²) in [6.07, 6.45) is 0. The number of pyridine rings is 1. The van der Waals surface area contributed by atoms with Gasteiger partial charge >= 0.3 is 0 Å². The summed E-state index contributed by atoms with van der Waals surface area (Å²) in [4.78, 5) is 16.0. The first-order chi connectivity index (χ1) is 10.6. The molecule has 5 nitrogen and oxygen atoms in total. The monoisotopic (exact) mass is 315 g/mol. The Kier molecular flexibility index (Phi) is 3.81. The van der Waals surface area contributed by atoms with E-state index in [4.69, 9.17) is 16.3 Å². The zero-order valence-electron chi connectivity index (χ0n) is 12.2. The van der Waals surface area contributed by atoms with E-state index in [1.807, 2.05) is 24.3 Å². The molecule has 0 unspecified atom stereocenters. The summed E-state index contributed by atoms with van der Waals surface area (Å²) in [7, 11) is 1.63. The van der Waals surface area contributed by atoms with Crippen molar-refractivity contribution in [2.75, 3.05) is 7.11 Å². The van der Waals surface area contributed by atoms with Crippen LogP contribution in [0.5, 0.6) is 5.75 Å². The maximum atomic E-state index is 11.7. The third-order valence-electron chi connectivity index (χ3n) is 3.39. The van der Waals surface area contributed by atoms with Crippen molar-refractivity contribution in [1.29, 1.82) is 0 Å². The Morgan fingerprint density at radius 2 is 1.95 bits per heavy atom. The lowest BCUT2D eigenvalue weighted by Crippen LogP contribution is -2.04. The van der Waals surface area contributed by atoms with Crippen molar-refractivity contribution in [2.24, 2.45) is 0 Å². The Hall–Kier alpha value is -2.40. The smallest absolute Gasteiger partial charge is 0.180 e. The number of ketones is 1. The first kappa shape index (κ1) is 14.5. The molecule has 112 valence electrons. The number of hydrogen-bond donors (Lipinski definition) is 0. The highest BCUT2D eigenvalue weighted by Gasteiger charge is 2.15. The number of ether oxygens (including phenoxy) is 1. The summed E-state index contributed by atoms with van der Waals surface area (Å²) in [6.45, 7) is 2.00. The molecule has 0 bridgehead atoms. The Bertz CT molecular complexity index is 840. The molecule has 0 fully saturated rings. The van der Waals surface area contributed by atoms with Gasteiger partial charge in [0.25, 0.3) is 0 Å². The molecule has 0 N–H and O–H groups in total. The molecule has 2 heterocycles. The Morgan fingerprint density at radius 3 is 2.59 bits per heavy atom. The predicted octanol–water partition coefficient (Wildman–Crippen LogP) is 3.34. The highest BCUT2D eigenvalue weighted by Crippen LogP contribution is 2.21. The van der Waals surface area contributed by atoms with E-state index >= 15 is 0 Å². The van der Waals surface area contributed by atoms with Crippen LogP contribution < -0.4 is 4.74 Å². The summed E-state index contributed by atoms with van der Waals surface area (Å²) in [5.74, 6) is 0.697. The zero-order valence-corrected chi connectivity index (χ0v) is 13.0. The van der Waals surface area contributed by atoms with Gasteiger partial charge in [-0.15, -0.1) is 0 Å². The lowest BCUT2D eigenvalue weighted by atomic mass is 10.2. The van der Waals surface area contributed by atoms with Gasteiger partial charge in [-0.25, -0.2) is 9.67 Å². The zero-order chi connectivity index (χ0) is 15.7. The quantitative estimate of drug-likeness (QED) is 0.547. The lowest BCUT2D eigenvalue weighted by Gasteiger charge is -2.05. The molecule has 2 aromatic heterocycles. The van der Waals surface area contributed by atoms with Gasteiger partial charge in [-0.3, -0.25) is 4.79 Å². The van der Waals surface area contributed by atoms with Crippen molar-refractivity contribution in [2.45, 2.75) is 13.5 Å². The van der Waals surface area contributed by atoms with Crippen LogP contribution in [0.15, 0.2) is 36.4 Å². The van der Waals surface area contributed by atoms with Crippen LogP contribution in [0.25, 0.3) is 11.0 Å². The summed E-state index contributed by atoms with van der Waals surface area (Å²) in [6, 6.07) is 11.1. The molecule has 0 saturated heterocycles. The molecule has 3 aromatic rings. The van der Waals surface area contributed by atoms with Crippen LogP contribution in [-0.4, -0.2) is 27.7 Å². The molecule has 0 amide bonds. The fraction of sp³-hybridized carbons (Fsp3) is 0.188. The molecular weight excluding hydrogens is 302 g/mol. The number of aromatic nitrogens is 3. The average Bonchev–Trinajstić information content (AvgIpc) is 2.86. The van der Waals surface area contributed by atoms with E-state index in [0.29, 0.717) is 28.4 Å². The fourth-order valence-electron chi connectivity index (χ4n) is 2.30. The van der Waals surface area contributed by atoms with Crippen LogP contribution in [0.2, 0.25) is 5.15 Å². The van der Waals surface area contributed by atoms with E-state index < -0.39 is 0 Å². The largest absolute Gasteiger partial charge is 0.497 e. The molecule has 6 heteroatoms. The molecule has 0 atom stereocenters. The number of fused-ring (bicyclic) bond motifs is 1. The Balaban J connectivity index is 2.05. The van der Waals surface area contributed by atoms with Crippen molar-refractivity contribution in [3.05, 3.63) is 52.8 Å². The third kappa shape index (κ3) is 2.67. The number of methoxy groups -OCH3 is 1. The molecule has 1 aromatic carbocycles. The minimum Gasteiger partial charge on any atom is -0.497 e. The number of rotatable bonds is 4. The molecule has 0 aliphatic heterocycles. The first-order valence-electron chi connectivity index (χ1n) is 6.75. The number of carbonyl (C=O) groups excluding carboxylic acids is 1. The van der Waals surface area contributed by atoms with Crippen LogP contribution in [-0.2, 0) is 6.54 Å². The number of benzene rings is 1. The van der Waals surface area contributed by atoms with Gasteiger partial charge in [-0.2, -0.15) is 5.10 Å². The molecule has 0 aliphatic rings. The van der Waals surface area contributed by atoms with Gasteiger partial charge in [-0.1, -0.05) is 23.7 Å². The topological polar surface area (TPSA) is 57.0 Å². The van der Waals surface area contributed by atoms with Gasteiger partial charge in [0.15, 0.2) is 11.4 Å². The second-order valence-corrected chi connectivity index (χ2v) is 5.30. The number of Topliss-reactive ketones (excluding diaryl/α,β-unsaturated/α-hetero) is 1. The predicted molar refractivity (Wildman–Crippen MR) is 84.6 cm³/mol. The Morgan fingerprint density at radius 1 is 1.23 bits per heavy atom. The van der Waals surface area contributed by atoms with Gasteiger partial charge in [0, 0.05) is 6.92 Å². The van der Waals surface area contributed by atoms with E-state index in [9.17, 15) is 4.79 Å². The minimum absolute atomic E-state index is 0.0948. The first-order valence-corrected chi connectivity index (χ1v) is 7.13. The van der Waals surface area contributed by atoms with Gasteiger partial charge in [0.2, 0.25) is 0 Å². The second-order valence-electron chi connectivity index (χ2n) is 4.92. The molecule has 0 aliphatic carbocycles. The summed E-state index contributed by atoms with van der Waals surface area (Å²) in [5, 5.41) is 5.47. The number of hydrogen-bond acceptors (Lipinski definition) is 4. The van der Waals surface area contributed by atoms with Gasteiger partial charge < -0.3 is 4.74 Å². The molecule has 0 spiro atoms. The normalized spacial score (nSPS) is 10.9. The molecule has 3 rings (SSSR count). The molecular formula is C16H14ClN3O2. The third-order valence-corrected chi connectivity index (χ3v) is 3.60. The van der Waals surface area contributed by atoms with Crippen molar-refractivity contribution < 1.29 is 9.53 Å². The van der Waals surface area contributed by atoms with Crippen LogP contribution in [0.3, 0.4) is 0 Å². The van der Waals surface area contributed by atoms with Crippen molar-refractivity contribution in [3.63, 3.8) is 0 Å². The molecule has 0 radical (unpaired) electrons. The summed E-state index contributed by atoms with van der Waals surface area (Å²) < 4.78 is 6.84. The van der Waals surface area contributed by atoms with E-state index in [2.05, 4.69) is 10.1 Å². The van der Waals surface area contributed by atoms with Crippen LogP contribution >= 0.6 is 11.6 Å². The van der Waals surface area contributed by atoms with E-state index in [-0.39, 0.29) is 5.78 Å². The van der Waals surface area contributed by atoms with Crippen LogP contribution in [0.1, 0.15) is 23.0 Å². The summed E-state index contributed by atoms with van der Waals surface area (Å²) >= 11 is 5.97. The SMILES string of the molecule is COc1ccc(Cn2nc(C(C)=O)c3ccc(Cl)nc32)cc1. The highest BCUT2D eigenvalue weighted by atomic mass is 35.5. The van der Waals surface area contributed by atoms with Crippen LogP contribution in [0, 0.1) is 0 Å². The highest BCUT2D eigenvalue weighted by molar-refractivity contribution is 6.29. The van der Waals surface area contributed by atoms with Gasteiger partial charge in [0.1, 0.15) is 16.6 Å². The lowest BCUT2D eigenvalue weighted by molar-refractivity contribution is 0.101. The number of halogens is 1. The van der Waals surface area contributed by atoms with Crippen molar-refractivity contribution in [3.8, 4) is 5.75 Å². The van der Waals surface area contributed by atoms with E-state index in [1.165, 1.54) is 6.92 Å². The summed E-state index contributed by atoms with van der Waals surface area (Å²) in [5.41, 5.74) is 2.04. The average molecular weight is 316 g/mol. The number of nitrogens with zero attached hydrogens (tertiary/aromatic N) is 3. The maximum absolute atomic E-state index is 11.7. The van der Waals surface area contributed by atoms with E-state index in [0.717, 1.165) is 11.3 Å². The van der Waals surface area contributed by atoms with Gasteiger partial charge in [-0.05, 0) is 29.8 Å². The van der Waals surface area contributed by atoms with Crippen molar-refractivity contribution >= 4 is 28.4 Å². The fourth-order valence-corrected chi connectivity index (χ4v) is 2.45. The Labute approximate surface area is 132 Å². The minimum atomic E-state index is -0.0948. The van der Waals surface area contributed by atoms with Crippen LogP contribution in [0.4, 0.5) is 0 Å². The molecule has 22 heavy (non-hydrogen) atoms. The van der Waals surface area contributed by atoms with E-state index in [1.54, 1.807) is 23.9 Å². The maximum Gasteiger partial charge on any atom is 0.180 e. The van der Waals surface area contributed by atoms with Crippen molar-refractivity contribution in [1.82, 2.24) is 14.8 Å². The number of carbonyl (C=O) groups is 1.